The smallest absolute Gasteiger partial charge is 0.309 e. The van der Waals surface area contributed by atoms with E-state index < -0.39 is 5.60 Å². The standard InChI is InChI=1S/C22H40N2O5/c1-5-28-21(26)18-6-13-24(14-7-18)19-8-11-23(12-9-19)15-17-27-16-10-20(25)29-22(2,3)4/h18-19H,5-17H2,1-4H3. The number of nitrogens with zero attached hydrogens (tertiary/aromatic N) is 2. The first-order chi connectivity index (χ1) is 13.8. The molecule has 2 fully saturated rings. The van der Waals surface area contributed by atoms with Gasteiger partial charge in [0.05, 0.1) is 32.2 Å². The number of rotatable bonds is 9. The first-order valence-corrected chi connectivity index (χ1v) is 11.2. The van der Waals surface area contributed by atoms with Crippen LogP contribution in [0.3, 0.4) is 0 Å². The zero-order chi connectivity index (χ0) is 21.3. The molecule has 0 spiro atoms. The second kappa shape index (κ2) is 11.9. The van der Waals surface area contributed by atoms with Crippen molar-refractivity contribution in [1.82, 2.24) is 9.80 Å². The van der Waals surface area contributed by atoms with Crippen molar-refractivity contribution in [2.24, 2.45) is 5.92 Å². The first-order valence-electron chi connectivity index (χ1n) is 11.2. The van der Waals surface area contributed by atoms with Crippen LogP contribution in [0, 0.1) is 5.92 Å². The Morgan fingerprint density at radius 1 is 0.966 bits per heavy atom. The number of likely N-dealkylation sites (tertiary alicyclic amines) is 2. The molecule has 7 nitrogen and oxygen atoms in total. The van der Waals surface area contributed by atoms with Crippen LogP contribution in [0.25, 0.3) is 0 Å². The van der Waals surface area contributed by atoms with Crippen molar-refractivity contribution in [2.75, 3.05) is 52.5 Å². The topological polar surface area (TPSA) is 68.3 Å². The minimum atomic E-state index is -0.435. The molecule has 0 bridgehead atoms. The van der Waals surface area contributed by atoms with Crippen LogP contribution in [0.15, 0.2) is 0 Å². The average molecular weight is 413 g/mol. The minimum Gasteiger partial charge on any atom is -0.466 e. The second-order valence-electron chi connectivity index (χ2n) is 9.08. The van der Waals surface area contributed by atoms with E-state index in [1.54, 1.807) is 0 Å². The van der Waals surface area contributed by atoms with Gasteiger partial charge in [-0.05, 0) is 79.6 Å². The Bertz CT molecular complexity index is 504. The normalized spacial score (nSPS) is 20.6. The summed E-state index contributed by atoms with van der Waals surface area (Å²) in [5.74, 6) is -0.136. The maximum atomic E-state index is 11.9. The van der Waals surface area contributed by atoms with Crippen LogP contribution < -0.4 is 0 Å². The van der Waals surface area contributed by atoms with Gasteiger partial charge in [-0.3, -0.25) is 9.59 Å². The molecule has 0 atom stereocenters. The summed E-state index contributed by atoms with van der Waals surface area (Å²) in [6.07, 6.45) is 4.49. The van der Waals surface area contributed by atoms with Crippen LogP contribution in [0.1, 0.15) is 59.8 Å². The molecule has 2 aliphatic rings. The van der Waals surface area contributed by atoms with E-state index in [9.17, 15) is 9.59 Å². The second-order valence-corrected chi connectivity index (χ2v) is 9.08. The van der Waals surface area contributed by atoms with Gasteiger partial charge in [0.1, 0.15) is 5.60 Å². The number of hydrogen-bond donors (Lipinski definition) is 0. The van der Waals surface area contributed by atoms with E-state index in [1.807, 2.05) is 27.7 Å². The summed E-state index contributed by atoms with van der Waals surface area (Å²) in [6, 6.07) is 0.627. The molecule has 0 amide bonds. The van der Waals surface area contributed by atoms with Gasteiger partial charge < -0.3 is 24.0 Å². The highest BCUT2D eigenvalue weighted by Crippen LogP contribution is 2.24. The third-order valence-corrected chi connectivity index (χ3v) is 5.65. The van der Waals surface area contributed by atoms with Crippen molar-refractivity contribution >= 4 is 11.9 Å². The van der Waals surface area contributed by atoms with E-state index in [4.69, 9.17) is 14.2 Å². The van der Waals surface area contributed by atoms with Gasteiger partial charge in [0.2, 0.25) is 0 Å². The summed E-state index contributed by atoms with van der Waals surface area (Å²) in [7, 11) is 0. The Hall–Kier alpha value is -1.18. The highest BCUT2D eigenvalue weighted by Gasteiger charge is 2.31. The predicted octanol–water partition coefficient (Wildman–Crippen LogP) is 2.47. The molecule has 0 aromatic rings. The SMILES string of the molecule is CCOC(=O)C1CCN(C2CCN(CCOCCC(=O)OC(C)(C)C)CC2)CC1. The summed E-state index contributed by atoms with van der Waals surface area (Å²) in [6.45, 7) is 14.1. The summed E-state index contributed by atoms with van der Waals surface area (Å²) in [5, 5.41) is 0. The summed E-state index contributed by atoms with van der Waals surface area (Å²) >= 11 is 0. The van der Waals surface area contributed by atoms with Crippen molar-refractivity contribution in [2.45, 2.75) is 71.4 Å². The molecule has 0 aromatic carbocycles. The van der Waals surface area contributed by atoms with Crippen molar-refractivity contribution < 1.29 is 23.8 Å². The number of hydrogen-bond acceptors (Lipinski definition) is 7. The van der Waals surface area contributed by atoms with Gasteiger partial charge in [-0.2, -0.15) is 0 Å². The van der Waals surface area contributed by atoms with Crippen LogP contribution in [-0.2, 0) is 23.8 Å². The van der Waals surface area contributed by atoms with Gasteiger partial charge in [0.15, 0.2) is 0 Å². The average Bonchev–Trinajstić information content (AvgIpc) is 2.67. The molecule has 2 heterocycles. The molecule has 2 saturated heterocycles. The van der Waals surface area contributed by atoms with Crippen LogP contribution in [0.5, 0.6) is 0 Å². The highest BCUT2D eigenvalue weighted by molar-refractivity contribution is 5.72. The fourth-order valence-corrected chi connectivity index (χ4v) is 4.11. The zero-order valence-corrected chi connectivity index (χ0v) is 18.8. The van der Waals surface area contributed by atoms with E-state index in [1.165, 1.54) is 12.8 Å². The predicted molar refractivity (Wildman–Crippen MR) is 112 cm³/mol. The lowest BCUT2D eigenvalue weighted by atomic mass is 9.93. The lowest BCUT2D eigenvalue weighted by molar-refractivity contribution is -0.156. The van der Waals surface area contributed by atoms with Gasteiger partial charge in [-0.25, -0.2) is 0 Å². The number of esters is 2. The number of carbonyl (C=O) groups is 2. The minimum absolute atomic E-state index is 0.0198. The Morgan fingerprint density at radius 2 is 1.62 bits per heavy atom. The number of carbonyl (C=O) groups excluding carboxylic acids is 2. The monoisotopic (exact) mass is 412 g/mol. The van der Waals surface area contributed by atoms with Crippen molar-refractivity contribution in [3.8, 4) is 0 Å². The lowest BCUT2D eigenvalue weighted by Gasteiger charge is -2.41. The van der Waals surface area contributed by atoms with Gasteiger partial charge in [0, 0.05) is 12.6 Å². The van der Waals surface area contributed by atoms with Gasteiger partial charge in [0.25, 0.3) is 0 Å². The Balaban J connectivity index is 1.53. The molecule has 0 saturated carbocycles. The van der Waals surface area contributed by atoms with Crippen molar-refractivity contribution in [3.63, 3.8) is 0 Å². The molecule has 0 unspecified atom stereocenters. The molecule has 2 rings (SSSR count). The van der Waals surface area contributed by atoms with Gasteiger partial charge in [-0.15, -0.1) is 0 Å². The van der Waals surface area contributed by atoms with Gasteiger partial charge >= 0.3 is 11.9 Å². The summed E-state index contributed by atoms with van der Waals surface area (Å²) in [4.78, 5) is 28.5. The zero-order valence-electron chi connectivity index (χ0n) is 18.8. The number of piperidine rings is 2. The van der Waals surface area contributed by atoms with E-state index in [0.717, 1.165) is 45.6 Å². The van der Waals surface area contributed by atoms with Gasteiger partial charge in [-0.1, -0.05) is 0 Å². The Kier molecular flexibility index (Phi) is 9.86. The maximum absolute atomic E-state index is 11.9. The van der Waals surface area contributed by atoms with E-state index in [-0.39, 0.29) is 17.9 Å². The molecule has 29 heavy (non-hydrogen) atoms. The number of ether oxygens (including phenoxy) is 3. The maximum Gasteiger partial charge on any atom is 0.309 e. The Morgan fingerprint density at radius 3 is 2.21 bits per heavy atom. The highest BCUT2D eigenvalue weighted by atomic mass is 16.6. The van der Waals surface area contributed by atoms with Crippen molar-refractivity contribution in [3.05, 3.63) is 0 Å². The molecule has 0 aromatic heterocycles. The molecular weight excluding hydrogens is 372 g/mol. The van der Waals surface area contributed by atoms with E-state index in [2.05, 4.69) is 9.80 Å². The van der Waals surface area contributed by atoms with Crippen LogP contribution in [0.4, 0.5) is 0 Å². The molecule has 0 N–H and O–H groups in total. The third kappa shape index (κ3) is 9.01. The molecule has 7 heteroatoms. The van der Waals surface area contributed by atoms with E-state index >= 15 is 0 Å². The molecular formula is C22H40N2O5. The van der Waals surface area contributed by atoms with Crippen LogP contribution in [0.2, 0.25) is 0 Å². The largest absolute Gasteiger partial charge is 0.466 e. The van der Waals surface area contributed by atoms with E-state index in [0.29, 0.717) is 32.3 Å². The summed E-state index contributed by atoms with van der Waals surface area (Å²) in [5.41, 5.74) is -0.435. The molecule has 2 aliphatic heterocycles. The quantitative estimate of drug-likeness (QED) is 0.426. The first kappa shape index (κ1) is 24.1. The molecule has 0 aliphatic carbocycles. The molecule has 168 valence electrons. The van der Waals surface area contributed by atoms with Crippen LogP contribution in [-0.4, -0.2) is 85.9 Å². The third-order valence-electron chi connectivity index (χ3n) is 5.65. The summed E-state index contributed by atoms with van der Waals surface area (Å²) < 4.78 is 16.1. The lowest BCUT2D eigenvalue weighted by Crippen LogP contribution is -2.48. The van der Waals surface area contributed by atoms with Crippen LogP contribution >= 0.6 is 0 Å². The van der Waals surface area contributed by atoms with Crippen molar-refractivity contribution in [1.29, 1.82) is 0 Å². The fraction of sp³-hybridized carbons (Fsp3) is 0.909. The molecule has 0 radical (unpaired) electrons. The fourth-order valence-electron chi connectivity index (χ4n) is 4.11. The Labute approximate surface area is 176 Å².